The monoisotopic (exact) mass is 346 g/mol. The third-order valence-electron chi connectivity index (χ3n) is 3.43. The first kappa shape index (κ1) is 17.8. The summed E-state index contributed by atoms with van der Waals surface area (Å²) >= 11 is 5.89. The van der Waals surface area contributed by atoms with Gasteiger partial charge in [-0.25, -0.2) is 4.79 Å². The van der Waals surface area contributed by atoms with Gasteiger partial charge >= 0.3 is 5.97 Å². The fraction of sp³-hybridized carbons (Fsp3) is 0.222. The van der Waals surface area contributed by atoms with Crippen LogP contribution in [-0.4, -0.2) is 25.5 Å². The van der Waals surface area contributed by atoms with Gasteiger partial charge in [-0.05, 0) is 48.9 Å². The van der Waals surface area contributed by atoms with E-state index in [4.69, 9.17) is 11.6 Å². The number of halogens is 1. The molecule has 2 aromatic rings. The Morgan fingerprint density at radius 2 is 1.96 bits per heavy atom. The number of aryl methyl sites for hydroxylation is 1. The largest absolute Gasteiger partial charge is 0.465 e. The minimum atomic E-state index is -0.394. The van der Waals surface area contributed by atoms with Gasteiger partial charge in [0, 0.05) is 29.4 Å². The minimum absolute atomic E-state index is 0.1000. The third kappa shape index (κ3) is 4.99. The quantitative estimate of drug-likeness (QED) is 0.779. The lowest BCUT2D eigenvalue weighted by Crippen LogP contribution is -2.17. The summed E-state index contributed by atoms with van der Waals surface area (Å²) in [6.07, 6.45) is 0.296. The van der Waals surface area contributed by atoms with E-state index in [2.05, 4.69) is 15.4 Å². The van der Waals surface area contributed by atoms with Crippen molar-refractivity contribution in [3.63, 3.8) is 0 Å². The number of benzene rings is 2. The average molecular weight is 347 g/mol. The van der Waals surface area contributed by atoms with Gasteiger partial charge in [0.25, 0.3) is 0 Å². The number of anilines is 2. The second kappa shape index (κ2) is 8.36. The summed E-state index contributed by atoms with van der Waals surface area (Å²) < 4.78 is 4.68. The first-order valence-electron chi connectivity index (χ1n) is 7.48. The number of hydrogen-bond acceptors (Lipinski definition) is 4. The van der Waals surface area contributed by atoms with Crippen LogP contribution in [0.4, 0.5) is 11.4 Å². The van der Waals surface area contributed by atoms with E-state index in [1.54, 1.807) is 36.4 Å². The van der Waals surface area contributed by atoms with Crippen LogP contribution in [0.5, 0.6) is 0 Å². The predicted octanol–water partition coefficient (Wildman–Crippen LogP) is 3.88. The van der Waals surface area contributed by atoms with Crippen molar-refractivity contribution >= 4 is 34.9 Å². The number of methoxy groups -OCH3 is 1. The topological polar surface area (TPSA) is 67.4 Å². The van der Waals surface area contributed by atoms with Crippen molar-refractivity contribution in [1.29, 1.82) is 0 Å². The van der Waals surface area contributed by atoms with E-state index in [-0.39, 0.29) is 5.91 Å². The number of carbonyl (C=O) groups excluding carboxylic acids is 2. The highest BCUT2D eigenvalue weighted by atomic mass is 35.5. The molecular formula is C18H19ClN2O3. The molecular weight excluding hydrogens is 328 g/mol. The molecule has 0 aliphatic carbocycles. The maximum absolute atomic E-state index is 12.0. The van der Waals surface area contributed by atoms with Crippen molar-refractivity contribution in [2.24, 2.45) is 0 Å². The van der Waals surface area contributed by atoms with Crippen molar-refractivity contribution in [3.05, 3.63) is 58.6 Å². The number of esters is 1. The molecule has 0 unspecified atom stereocenters. The fourth-order valence-corrected chi connectivity index (χ4v) is 2.40. The molecule has 0 fully saturated rings. The summed E-state index contributed by atoms with van der Waals surface area (Å²) in [7, 11) is 1.34. The molecule has 24 heavy (non-hydrogen) atoms. The lowest BCUT2D eigenvalue weighted by Gasteiger charge is -2.10. The number of carbonyl (C=O) groups is 2. The Morgan fingerprint density at radius 1 is 1.17 bits per heavy atom. The minimum Gasteiger partial charge on any atom is -0.465 e. The van der Waals surface area contributed by atoms with E-state index >= 15 is 0 Å². The number of amides is 1. The number of nitrogens with one attached hydrogen (secondary N) is 2. The van der Waals surface area contributed by atoms with Crippen LogP contribution in [0, 0.1) is 6.92 Å². The van der Waals surface area contributed by atoms with Crippen molar-refractivity contribution in [2.75, 3.05) is 24.3 Å². The van der Waals surface area contributed by atoms with Crippen LogP contribution in [-0.2, 0) is 9.53 Å². The van der Waals surface area contributed by atoms with Gasteiger partial charge < -0.3 is 15.4 Å². The fourth-order valence-electron chi connectivity index (χ4n) is 2.17. The molecule has 2 aromatic carbocycles. The Balaban J connectivity index is 1.85. The van der Waals surface area contributed by atoms with E-state index in [0.29, 0.717) is 23.6 Å². The highest BCUT2D eigenvalue weighted by Gasteiger charge is 2.07. The summed E-state index contributed by atoms with van der Waals surface area (Å²) in [5.74, 6) is -0.494. The molecule has 2 N–H and O–H groups in total. The Kier molecular flexibility index (Phi) is 6.21. The molecule has 0 saturated heterocycles. The maximum Gasteiger partial charge on any atom is 0.337 e. The highest BCUT2D eigenvalue weighted by molar-refractivity contribution is 6.30. The summed E-state index contributed by atoms with van der Waals surface area (Å²) in [6, 6.07) is 12.3. The molecule has 0 saturated carbocycles. The first-order valence-corrected chi connectivity index (χ1v) is 7.85. The van der Waals surface area contributed by atoms with Crippen molar-refractivity contribution in [1.82, 2.24) is 0 Å². The van der Waals surface area contributed by atoms with E-state index in [9.17, 15) is 9.59 Å². The Hall–Kier alpha value is -2.53. The molecule has 0 spiro atoms. The van der Waals surface area contributed by atoms with Crippen LogP contribution >= 0.6 is 11.6 Å². The van der Waals surface area contributed by atoms with Gasteiger partial charge in [0.2, 0.25) is 5.91 Å². The van der Waals surface area contributed by atoms with E-state index in [1.165, 1.54) is 7.11 Å². The van der Waals surface area contributed by atoms with E-state index < -0.39 is 5.97 Å². The molecule has 2 rings (SSSR count). The highest BCUT2D eigenvalue weighted by Crippen LogP contribution is 2.19. The van der Waals surface area contributed by atoms with Crippen molar-refractivity contribution in [2.45, 2.75) is 13.3 Å². The molecule has 0 bridgehead atoms. The summed E-state index contributed by atoms with van der Waals surface area (Å²) in [5.41, 5.74) is 2.88. The Bertz CT molecular complexity index is 747. The number of rotatable bonds is 6. The van der Waals surface area contributed by atoms with Gasteiger partial charge in [0.15, 0.2) is 0 Å². The number of hydrogen-bond donors (Lipinski definition) is 2. The molecule has 1 amide bonds. The van der Waals surface area contributed by atoms with Crippen LogP contribution in [0.2, 0.25) is 5.02 Å². The molecule has 0 heterocycles. The van der Waals surface area contributed by atoms with Gasteiger partial charge in [-0.1, -0.05) is 17.7 Å². The first-order chi connectivity index (χ1) is 11.5. The molecule has 0 radical (unpaired) electrons. The molecule has 0 atom stereocenters. The Labute approximate surface area is 146 Å². The zero-order chi connectivity index (χ0) is 17.5. The van der Waals surface area contributed by atoms with Crippen molar-refractivity contribution < 1.29 is 14.3 Å². The van der Waals surface area contributed by atoms with E-state index in [0.717, 1.165) is 16.9 Å². The molecule has 0 aliphatic rings. The lowest BCUT2D eigenvalue weighted by atomic mass is 10.2. The third-order valence-corrected chi connectivity index (χ3v) is 3.66. The standard InChI is InChI=1S/C18H19ClN2O3/c1-12-10-14(19)6-7-16(12)21-17(22)8-9-20-15-5-3-4-13(11-15)18(23)24-2/h3-7,10-11,20H,8-9H2,1-2H3,(H,21,22). The normalized spacial score (nSPS) is 10.1. The molecule has 126 valence electrons. The van der Waals surface area contributed by atoms with Crippen LogP contribution in [0.3, 0.4) is 0 Å². The molecule has 0 aliphatic heterocycles. The second-order valence-corrected chi connectivity index (χ2v) is 5.69. The number of ether oxygens (including phenoxy) is 1. The van der Waals surface area contributed by atoms with Gasteiger partial charge in [0.05, 0.1) is 12.7 Å². The average Bonchev–Trinajstić information content (AvgIpc) is 2.57. The summed E-state index contributed by atoms with van der Waals surface area (Å²) in [4.78, 5) is 23.5. The van der Waals surface area contributed by atoms with Crippen LogP contribution in [0.25, 0.3) is 0 Å². The maximum atomic E-state index is 12.0. The van der Waals surface area contributed by atoms with Crippen molar-refractivity contribution in [3.8, 4) is 0 Å². The van der Waals surface area contributed by atoms with E-state index in [1.807, 2.05) is 13.0 Å². The van der Waals surface area contributed by atoms with Gasteiger partial charge in [-0.3, -0.25) is 4.79 Å². The van der Waals surface area contributed by atoms with Crippen LogP contribution < -0.4 is 10.6 Å². The second-order valence-electron chi connectivity index (χ2n) is 5.26. The summed E-state index contributed by atoms with van der Waals surface area (Å²) in [6.45, 7) is 2.33. The lowest BCUT2D eigenvalue weighted by molar-refractivity contribution is -0.115. The van der Waals surface area contributed by atoms with Gasteiger partial charge in [-0.15, -0.1) is 0 Å². The smallest absolute Gasteiger partial charge is 0.337 e. The molecule has 6 heteroatoms. The summed E-state index contributed by atoms with van der Waals surface area (Å²) in [5, 5.41) is 6.60. The Morgan fingerprint density at radius 3 is 2.67 bits per heavy atom. The SMILES string of the molecule is COC(=O)c1cccc(NCCC(=O)Nc2ccc(Cl)cc2C)c1. The van der Waals surface area contributed by atoms with Crippen LogP contribution in [0.1, 0.15) is 22.3 Å². The van der Waals surface area contributed by atoms with Crippen LogP contribution in [0.15, 0.2) is 42.5 Å². The zero-order valence-corrected chi connectivity index (χ0v) is 14.3. The van der Waals surface area contributed by atoms with Gasteiger partial charge in [-0.2, -0.15) is 0 Å². The predicted molar refractivity (Wildman–Crippen MR) is 95.7 cm³/mol. The van der Waals surface area contributed by atoms with Gasteiger partial charge in [0.1, 0.15) is 0 Å². The zero-order valence-electron chi connectivity index (χ0n) is 13.6. The molecule has 0 aromatic heterocycles. The molecule has 5 nitrogen and oxygen atoms in total.